The van der Waals surface area contributed by atoms with E-state index in [0.717, 1.165) is 0 Å². The quantitative estimate of drug-likeness (QED) is 0.912. The third-order valence-corrected chi connectivity index (χ3v) is 2.97. The van der Waals surface area contributed by atoms with Gasteiger partial charge in [0.25, 0.3) is 0 Å². The summed E-state index contributed by atoms with van der Waals surface area (Å²) in [6.07, 6.45) is 1.58. The lowest BCUT2D eigenvalue weighted by Crippen LogP contribution is -1.98. The number of methoxy groups -OCH3 is 1. The molecule has 0 aliphatic heterocycles. The van der Waals surface area contributed by atoms with Crippen molar-refractivity contribution in [2.45, 2.75) is 19.4 Å². The SMILES string of the molecule is CC[C@H](O)c1ccc(Oc2cc(C#N)cc(OC)c2)cn1. The molecule has 1 N–H and O–H groups in total. The van der Waals surface area contributed by atoms with Gasteiger partial charge in [0.2, 0.25) is 0 Å². The number of aliphatic hydroxyl groups is 1. The molecule has 5 nitrogen and oxygen atoms in total. The molecule has 0 spiro atoms. The van der Waals surface area contributed by atoms with Crippen LogP contribution in [0.25, 0.3) is 0 Å². The van der Waals surface area contributed by atoms with E-state index in [0.29, 0.717) is 34.9 Å². The van der Waals surface area contributed by atoms with Gasteiger partial charge in [0.1, 0.15) is 17.2 Å². The molecule has 0 aliphatic carbocycles. The summed E-state index contributed by atoms with van der Waals surface area (Å²) in [6, 6.07) is 10.4. The topological polar surface area (TPSA) is 75.4 Å². The minimum absolute atomic E-state index is 0.454. The fourth-order valence-corrected chi connectivity index (χ4v) is 1.81. The van der Waals surface area contributed by atoms with Crippen molar-refractivity contribution < 1.29 is 14.6 Å². The van der Waals surface area contributed by atoms with Crippen molar-refractivity contribution in [3.63, 3.8) is 0 Å². The Labute approximate surface area is 123 Å². The zero-order valence-corrected chi connectivity index (χ0v) is 11.9. The van der Waals surface area contributed by atoms with Crippen LogP contribution in [0.15, 0.2) is 36.5 Å². The molecule has 1 aromatic carbocycles. The van der Waals surface area contributed by atoms with Gasteiger partial charge in [0, 0.05) is 6.07 Å². The van der Waals surface area contributed by atoms with Crippen LogP contribution in [0.2, 0.25) is 0 Å². The van der Waals surface area contributed by atoms with Crippen molar-refractivity contribution in [3.05, 3.63) is 47.8 Å². The number of nitrogens with zero attached hydrogens (tertiary/aromatic N) is 2. The number of benzene rings is 1. The highest BCUT2D eigenvalue weighted by molar-refractivity contribution is 5.45. The van der Waals surface area contributed by atoms with Gasteiger partial charge in [0.05, 0.1) is 36.7 Å². The van der Waals surface area contributed by atoms with E-state index in [2.05, 4.69) is 11.1 Å². The van der Waals surface area contributed by atoms with Crippen LogP contribution in [0.5, 0.6) is 17.2 Å². The molecule has 0 aliphatic rings. The van der Waals surface area contributed by atoms with Gasteiger partial charge in [-0.15, -0.1) is 0 Å². The molecule has 2 rings (SSSR count). The predicted octanol–water partition coefficient (Wildman–Crippen LogP) is 3.20. The summed E-state index contributed by atoms with van der Waals surface area (Å²) in [6.45, 7) is 1.89. The fourth-order valence-electron chi connectivity index (χ4n) is 1.81. The second-order valence-corrected chi connectivity index (χ2v) is 4.45. The van der Waals surface area contributed by atoms with Crippen molar-refractivity contribution in [1.29, 1.82) is 5.26 Å². The Morgan fingerprint density at radius 3 is 2.57 bits per heavy atom. The number of hydrogen-bond donors (Lipinski definition) is 1. The average Bonchev–Trinajstić information content (AvgIpc) is 2.54. The number of aromatic nitrogens is 1. The monoisotopic (exact) mass is 284 g/mol. The van der Waals surface area contributed by atoms with E-state index < -0.39 is 6.10 Å². The molecule has 0 fully saturated rings. The van der Waals surface area contributed by atoms with Gasteiger partial charge in [-0.2, -0.15) is 5.26 Å². The summed E-state index contributed by atoms with van der Waals surface area (Å²) in [5, 5.41) is 18.7. The maximum absolute atomic E-state index is 9.69. The molecule has 0 saturated carbocycles. The Morgan fingerprint density at radius 2 is 2.00 bits per heavy atom. The highest BCUT2D eigenvalue weighted by Gasteiger charge is 2.07. The number of pyridine rings is 1. The van der Waals surface area contributed by atoms with Gasteiger partial charge < -0.3 is 14.6 Å². The number of hydrogen-bond acceptors (Lipinski definition) is 5. The third-order valence-electron chi connectivity index (χ3n) is 2.97. The maximum atomic E-state index is 9.69. The van der Waals surface area contributed by atoms with Crippen molar-refractivity contribution in [2.75, 3.05) is 7.11 Å². The summed E-state index contributed by atoms with van der Waals surface area (Å²) in [5.74, 6) is 1.57. The van der Waals surface area contributed by atoms with E-state index in [4.69, 9.17) is 14.7 Å². The normalized spacial score (nSPS) is 11.5. The van der Waals surface area contributed by atoms with E-state index in [-0.39, 0.29) is 0 Å². The molecule has 1 aromatic heterocycles. The number of nitriles is 1. The third kappa shape index (κ3) is 3.71. The van der Waals surface area contributed by atoms with Gasteiger partial charge >= 0.3 is 0 Å². The molecule has 0 amide bonds. The Bertz CT molecular complexity index is 648. The highest BCUT2D eigenvalue weighted by atomic mass is 16.5. The zero-order chi connectivity index (χ0) is 15.2. The van der Waals surface area contributed by atoms with Crippen LogP contribution < -0.4 is 9.47 Å². The first-order chi connectivity index (χ1) is 10.2. The van der Waals surface area contributed by atoms with E-state index in [1.54, 1.807) is 36.5 Å². The first-order valence-corrected chi connectivity index (χ1v) is 6.57. The van der Waals surface area contributed by atoms with Crippen LogP contribution >= 0.6 is 0 Å². The van der Waals surface area contributed by atoms with Crippen LogP contribution in [0.3, 0.4) is 0 Å². The molecule has 2 aromatic rings. The standard InChI is InChI=1S/C16H16N2O3/c1-3-16(19)15-5-4-12(10-18-15)21-14-7-11(9-17)6-13(8-14)20-2/h4-8,10,16,19H,3H2,1-2H3/t16-/m0/s1. The Balaban J connectivity index is 2.20. The lowest BCUT2D eigenvalue weighted by atomic mass is 10.2. The van der Waals surface area contributed by atoms with Crippen LogP contribution in [-0.4, -0.2) is 17.2 Å². The largest absolute Gasteiger partial charge is 0.497 e. The first-order valence-electron chi connectivity index (χ1n) is 6.57. The zero-order valence-electron chi connectivity index (χ0n) is 11.9. The molecule has 1 atom stereocenters. The van der Waals surface area contributed by atoms with Crippen LogP contribution in [0, 0.1) is 11.3 Å². The lowest BCUT2D eigenvalue weighted by molar-refractivity contribution is 0.169. The molecule has 0 radical (unpaired) electrons. The van der Waals surface area contributed by atoms with E-state index >= 15 is 0 Å². The molecular formula is C16H16N2O3. The summed E-state index contributed by atoms with van der Waals surface area (Å²) >= 11 is 0. The molecular weight excluding hydrogens is 268 g/mol. The van der Waals surface area contributed by atoms with Crippen molar-refractivity contribution >= 4 is 0 Å². The second-order valence-electron chi connectivity index (χ2n) is 4.45. The minimum Gasteiger partial charge on any atom is -0.497 e. The summed E-state index contributed by atoms with van der Waals surface area (Å²) < 4.78 is 10.8. The number of rotatable bonds is 5. The number of aliphatic hydroxyl groups excluding tert-OH is 1. The van der Waals surface area contributed by atoms with Crippen molar-refractivity contribution in [1.82, 2.24) is 4.98 Å². The van der Waals surface area contributed by atoms with Gasteiger partial charge in [-0.25, -0.2) is 0 Å². The van der Waals surface area contributed by atoms with E-state index in [1.807, 2.05) is 6.92 Å². The Hall–Kier alpha value is -2.58. The smallest absolute Gasteiger partial charge is 0.145 e. The summed E-state index contributed by atoms with van der Waals surface area (Å²) in [7, 11) is 1.53. The Kier molecular flexibility index (Phi) is 4.75. The molecule has 5 heteroatoms. The summed E-state index contributed by atoms with van der Waals surface area (Å²) in [5.41, 5.74) is 1.06. The van der Waals surface area contributed by atoms with Crippen LogP contribution in [0.1, 0.15) is 30.7 Å². The molecule has 0 unspecified atom stereocenters. The van der Waals surface area contributed by atoms with Gasteiger partial charge in [-0.05, 0) is 30.7 Å². The number of ether oxygens (including phenoxy) is 2. The van der Waals surface area contributed by atoms with E-state index in [9.17, 15) is 5.11 Å². The van der Waals surface area contributed by atoms with Crippen molar-refractivity contribution in [2.24, 2.45) is 0 Å². The van der Waals surface area contributed by atoms with E-state index in [1.165, 1.54) is 7.11 Å². The molecule has 0 saturated heterocycles. The Morgan fingerprint density at radius 1 is 1.24 bits per heavy atom. The first kappa shape index (κ1) is 14.8. The fraction of sp³-hybridized carbons (Fsp3) is 0.250. The van der Waals surface area contributed by atoms with Gasteiger partial charge in [0.15, 0.2) is 0 Å². The minimum atomic E-state index is -0.568. The van der Waals surface area contributed by atoms with Crippen molar-refractivity contribution in [3.8, 4) is 23.3 Å². The van der Waals surface area contributed by atoms with Gasteiger partial charge in [-0.3, -0.25) is 4.98 Å². The van der Waals surface area contributed by atoms with Gasteiger partial charge in [-0.1, -0.05) is 6.92 Å². The molecule has 0 bridgehead atoms. The maximum Gasteiger partial charge on any atom is 0.145 e. The second kappa shape index (κ2) is 6.73. The molecule has 1 heterocycles. The molecule has 21 heavy (non-hydrogen) atoms. The summed E-state index contributed by atoms with van der Waals surface area (Å²) in [4.78, 5) is 4.16. The molecule has 108 valence electrons. The highest BCUT2D eigenvalue weighted by Crippen LogP contribution is 2.27. The average molecular weight is 284 g/mol. The lowest BCUT2D eigenvalue weighted by Gasteiger charge is -2.10. The van der Waals surface area contributed by atoms with Crippen LogP contribution in [-0.2, 0) is 0 Å². The van der Waals surface area contributed by atoms with Crippen LogP contribution in [0.4, 0.5) is 0 Å². The predicted molar refractivity (Wildman–Crippen MR) is 77.3 cm³/mol.